The summed E-state index contributed by atoms with van der Waals surface area (Å²) in [7, 11) is 0. The maximum absolute atomic E-state index is 12.7. The highest BCUT2D eigenvalue weighted by atomic mass is 16.2. The molecule has 158 valence electrons. The zero-order valence-corrected chi connectivity index (χ0v) is 17.6. The molecule has 0 saturated heterocycles. The van der Waals surface area contributed by atoms with Crippen LogP contribution in [0.1, 0.15) is 45.9 Å². The van der Waals surface area contributed by atoms with Crippen LogP contribution in [0.2, 0.25) is 0 Å². The van der Waals surface area contributed by atoms with Gasteiger partial charge in [-0.2, -0.15) is 0 Å². The molecule has 31 heavy (non-hydrogen) atoms. The lowest BCUT2D eigenvalue weighted by Crippen LogP contribution is -2.33. The van der Waals surface area contributed by atoms with Gasteiger partial charge in [-0.1, -0.05) is 72.3 Å². The monoisotopic (exact) mass is 413 g/mol. The number of benzene rings is 3. The molecule has 2 amide bonds. The summed E-state index contributed by atoms with van der Waals surface area (Å²) >= 11 is 0. The van der Waals surface area contributed by atoms with Crippen LogP contribution in [0.3, 0.4) is 0 Å². The topological polar surface area (TPSA) is 70.2 Å². The van der Waals surface area contributed by atoms with Crippen molar-refractivity contribution in [3.05, 3.63) is 101 Å². The fourth-order valence-electron chi connectivity index (χ4n) is 3.50. The van der Waals surface area contributed by atoms with Gasteiger partial charge in [0.2, 0.25) is 5.91 Å². The number of hydrogen-bond donors (Lipinski definition) is 3. The summed E-state index contributed by atoms with van der Waals surface area (Å²) in [4.78, 5) is 25.2. The minimum atomic E-state index is -0.195. The number of amides is 2. The Hall–Kier alpha value is -3.44. The maximum Gasteiger partial charge on any atom is 0.253 e. The number of carbonyl (C=O) groups excluding carboxylic acids is 2. The van der Waals surface area contributed by atoms with Gasteiger partial charge in [0, 0.05) is 6.04 Å². The lowest BCUT2D eigenvalue weighted by molar-refractivity contribution is -0.115. The van der Waals surface area contributed by atoms with E-state index >= 15 is 0 Å². The third kappa shape index (κ3) is 5.58. The average Bonchev–Trinajstić information content (AvgIpc) is 3.60. The zero-order chi connectivity index (χ0) is 21.6. The Bertz CT molecular complexity index is 1040. The third-order valence-electron chi connectivity index (χ3n) is 5.37. The number of hydrogen-bond acceptors (Lipinski definition) is 3. The van der Waals surface area contributed by atoms with Crippen molar-refractivity contribution in [3.8, 4) is 0 Å². The van der Waals surface area contributed by atoms with Crippen LogP contribution in [-0.2, 0) is 4.79 Å². The summed E-state index contributed by atoms with van der Waals surface area (Å²) in [6.45, 7) is 2.17. The van der Waals surface area contributed by atoms with E-state index in [9.17, 15) is 9.59 Å². The molecule has 1 atom stereocenters. The molecule has 5 heteroatoms. The van der Waals surface area contributed by atoms with E-state index in [2.05, 4.69) is 47.1 Å². The van der Waals surface area contributed by atoms with Gasteiger partial charge in [-0.3, -0.25) is 14.9 Å². The van der Waals surface area contributed by atoms with Gasteiger partial charge in [-0.15, -0.1) is 0 Å². The van der Waals surface area contributed by atoms with E-state index in [1.54, 1.807) is 18.2 Å². The van der Waals surface area contributed by atoms with Crippen molar-refractivity contribution in [1.29, 1.82) is 0 Å². The predicted octanol–water partition coefficient (Wildman–Crippen LogP) is 4.20. The molecule has 4 rings (SSSR count). The fraction of sp³-hybridized carbons (Fsp3) is 0.231. The highest BCUT2D eigenvalue weighted by Gasteiger charge is 2.25. The molecule has 0 bridgehead atoms. The Balaban J connectivity index is 1.45. The molecule has 0 aliphatic heterocycles. The van der Waals surface area contributed by atoms with Crippen LogP contribution in [-0.4, -0.2) is 24.4 Å². The molecule has 5 nitrogen and oxygen atoms in total. The lowest BCUT2D eigenvalue weighted by Gasteiger charge is -2.20. The minimum Gasteiger partial charge on any atom is -0.349 e. The molecule has 3 aromatic rings. The Morgan fingerprint density at radius 2 is 1.52 bits per heavy atom. The SMILES string of the molecule is Cc1ccc(C(NCC(=O)Nc2ccccc2C(=O)NC2CC2)c2ccccc2)cc1. The van der Waals surface area contributed by atoms with Crippen LogP contribution in [0, 0.1) is 6.92 Å². The Labute approximate surface area is 182 Å². The van der Waals surface area contributed by atoms with Crippen LogP contribution >= 0.6 is 0 Å². The van der Waals surface area contributed by atoms with Gasteiger partial charge >= 0.3 is 0 Å². The summed E-state index contributed by atoms with van der Waals surface area (Å²) in [6, 6.07) is 25.6. The molecule has 1 fully saturated rings. The standard InChI is InChI=1S/C26H27N3O2/c1-18-11-13-20(14-12-18)25(19-7-3-2-4-8-19)27-17-24(30)29-23-10-6-5-9-22(23)26(31)28-21-15-16-21/h2-14,21,25,27H,15-17H2,1H3,(H,28,31)(H,29,30). The number of carbonyl (C=O) groups is 2. The predicted molar refractivity (Wildman–Crippen MR) is 123 cm³/mol. The quantitative estimate of drug-likeness (QED) is 0.518. The van der Waals surface area contributed by atoms with Crippen LogP contribution < -0.4 is 16.0 Å². The Morgan fingerprint density at radius 1 is 0.871 bits per heavy atom. The second kappa shape index (κ2) is 9.58. The minimum absolute atomic E-state index is 0.110. The summed E-state index contributed by atoms with van der Waals surface area (Å²) in [6.07, 6.45) is 2.04. The molecule has 1 saturated carbocycles. The smallest absolute Gasteiger partial charge is 0.253 e. The summed E-state index contributed by atoms with van der Waals surface area (Å²) in [5.74, 6) is -0.340. The molecular weight excluding hydrogens is 386 g/mol. The highest BCUT2D eigenvalue weighted by Crippen LogP contribution is 2.23. The van der Waals surface area contributed by atoms with Crippen molar-refractivity contribution in [1.82, 2.24) is 10.6 Å². The number of aryl methyl sites for hydroxylation is 1. The maximum atomic E-state index is 12.7. The van der Waals surface area contributed by atoms with E-state index in [1.165, 1.54) is 5.56 Å². The molecule has 3 aromatic carbocycles. The van der Waals surface area contributed by atoms with Gasteiger partial charge in [0.15, 0.2) is 0 Å². The van der Waals surface area contributed by atoms with Gasteiger partial charge in [0.25, 0.3) is 5.91 Å². The third-order valence-corrected chi connectivity index (χ3v) is 5.37. The van der Waals surface area contributed by atoms with E-state index < -0.39 is 0 Å². The first-order chi connectivity index (χ1) is 15.1. The molecule has 0 aromatic heterocycles. The molecular formula is C26H27N3O2. The number of anilines is 1. The van der Waals surface area contributed by atoms with Gasteiger partial charge in [0.1, 0.15) is 0 Å². The largest absolute Gasteiger partial charge is 0.349 e. The normalized spacial score (nSPS) is 14.0. The van der Waals surface area contributed by atoms with Gasteiger partial charge < -0.3 is 10.6 Å². The van der Waals surface area contributed by atoms with Gasteiger partial charge in [0.05, 0.1) is 23.8 Å². The molecule has 1 aliphatic carbocycles. The number of nitrogens with one attached hydrogen (secondary N) is 3. The van der Waals surface area contributed by atoms with Crippen LogP contribution in [0.4, 0.5) is 5.69 Å². The first kappa shape index (κ1) is 20.8. The lowest BCUT2D eigenvalue weighted by atomic mass is 9.98. The summed E-state index contributed by atoms with van der Waals surface area (Å²) in [5.41, 5.74) is 4.38. The average molecular weight is 414 g/mol. The van der Waals surface area contributed by atoms with Crippen molar-refractivity contribution in [2.45, 2.75) is 31.8 Å². The molecule has 1 unspecified atom stereocenters. The van der Waals surface area contributed by atoms with E-state index in [4.69, 9.17) is 0 Å². The van der Waals surface area contributed by atoms with E-state index in [1.807, 2.05) is 36.4 Å². The number of rotatable bonds is 8. The molecule has 0 heterocycles. The fourth-order valence-corrected chi connectivity index (χ4v) is 3.50. The second-order valence-corrected chi connectivity index (χ2v) is 7.98. The van der Waals surface area contributed by atoms with Crippen LogP contribution in [0.15, 0.2) is 78.9 Å². The first-order valence-electron chi connectivity index (χ1n) is 10.6. The van der Waals surface area contributed by atoms with E-state index in [0.29, 0.717) is 11.3 Å². The highest BCUT2D eigenvalue weighted by molar-refractivity contribution is 6.04. The van der Waals surface area contributed by atoms with Crippen molar-refractivity contribution in [3.63, 3.8) is 0 Å². The van der Waals surface area contributed by atoms with Gasteiger partial charge in [-0.25, -0.2) is 0 Å². The van der Waals surface area contributed by atoms with Crippen molar-refractivity contribution in [2.75, 3.05) is 11.9 Å². The Kier molecular flexibility index (Phi) is 6.43. The molecule has 0 spiro atoms. The summed E-state index contributed by atoms with van der Waals surface area (Å²) < 4.78 is 0. The van der Waals surface area contributed by atoms with Crippen molar-refractivity contribution < 1.29 is 9.59 Å². The van der Waals surface area contributed by atoms with E-state index in [0.717, 1.165) is 24.0 Å². The van der Waals surface area contributed by atoms with Crippen LogP contribution in [0.25, 0.3) is 0 Å². The first-order valence-corrected chi connectivity index (χ1v) is 10.6. The second-order valence-electron chi connectivity index (χ2n) is 7.98. The molecule has 0 radical (unpaired) electrons. The molecule has 3 N–H and O–H groups in total. The number of para-hydroxylation sites is 1. The van der Waals surface area contributed by atoms with Crippen molar-refractivity contribution in [2.24, 2.45) is 0 Å². The summed E-state index contributed by atoms with van der Waals surface area (Å²) in [5, 5.41) is 9.24. The van der Waals surface area contributed by atoms with Crippen LogP contribution in [0.5, 0.6) is 0 Å². The van der Waals surface area contributed by atoms with Gasteiger partial charge in [-0.05, 0) is 43.0 Å². The Morgan fingerprint density at radius 3 is 2.23 bits per heavy atom. The molecule has 1 aliphatic rings. The zero-order valence-electron chi connectivity index (χ0n) is 17.6. The van der Waals surface area contributed by atoms with E-state index in [-0.39, 0.29) is 30.4 Å². The van der Waals surface area contributed by atoms with Crippen molar-refractivity contribution >= 4 is 17.5 Å².